The summed E-state index contributed by atoms with van der Waals surface area (Å²) in [5, 5.41) is 8.94. The number of carbonyl (C=O) groups excluding carboxylic acids is 1. The number of esters is 1. The van der Waals surface area contributed by atoms with Crippen LogP contribution in [0.2, 0.25) is 0 Å². The second kappa shape index (κ2) is 6.40. The number of hydrogen-bond acceptors (Lipinski definition) is 3. The Bertz CT molecular complexity index is 497. The Morgan fingerprint density at radius 1 is 1.35 bits per heavy atom. The first-order valence-electron chi connectivity index (χ1n) is 5.81. The van der Waals surface area contributed by atoms with Gasteiger partial charge in [-0.1, -0.05) is 18.2 Å². The maximum Gasteiger partial charge on any atom is 0.416 e. The predicted octanol–water partition coefficient (Wildman–Crippen LogP) is 2.51. The van der Waals surface area contributed by atoms with Crippen LogP contribution >= 0.6 is 0 Å². The molecule has 20 heavy (non-hydrogen) atoms. The average Bonchev–Trinajstić information content (AvgIpc) is 2.35. The van der Waals surface area contributed by atoms with Gasteiger partial charge in [-0.25, -0.2) is 0 Å². The molecule has 1 aromatic rings. The van der Waals surface area contributed by atoms with Crippen molar-refractivity contribution in [2.45, 2.75) is 19.5 Å². The normalized spacial score (nSPS) is 12.8. The molecule has 0 aliphatic carbocycles. The quantitative estimate of drug-likeness (QED) is 0.668. The van der Waals surface area contributed by atoms with Gasteiger partial charge in [-0.2, -0.15) is 13.2 Å². The van der Waals surface area contributed by atoms with Crippen LogP contribution in [0.5, 0.6) is 0 Å². The maximum atomic E-state index is 12.5. The molecular weight excluding hydrogens is 277 g/mol. The number of benzene rings is 1. The summed E-state index contributed by atoms with van der Waals surface area (Å²) in [7, 11) is 0. The largest absolute Gasteiger partial charge is 0.481 e. The molecule has 0 saturated heterocycles. The molecule has 0 amide bonds. The zero-order chi connectivity index (χ0) is 15.3. The first-order valence-corrected chi connectivity index (χ1v) is 5.81. The summed E-state index contributed by atoms with van der Waals surface area (Å²) in [5.74, 6) is -3.91. The number of aliphatic carboxylic acids is 1. The van der Waals surface area contributed by atoms with Gasteiger partial charge in [0.05, 0.1) is 12.2 Å². The molecule has 4 nitrogen and oxygen atoms in total. The standard InChI is InChI=1S/C13H13F3O4/c1-2-20-12(19)10(11(17)18)7-8-4-3-5-9(6-8)13(14,15)16/h3-6,10H,2,7H2,1H3,(H,17,18). The van der Waals surface area contributed by atoms with Crippen LogP contribution in [0.25, 0.3) is 0 Å². The minimum Gasteiger partial charge on any atom is -0.481 e. The van der Waals surface area contributed by atoms with Gasteiger partial charge in [0, 0.05) is 0 Å². The van der Waals surface area contributed by atoms with E-state index < -0.39 is 29.6 Å². The van der Waals surface area contributed by atoms with Crippen LogP contribution < -0.4 is 0 Å². The van der Waals surface area contributed by atoms with Gasteiger partial charge < -0.3 is 9.84 Å². The summed E-state index contributed by atoms with van der Waals surface area (Å²) in [6, 6.07) is 4.21. The first kappa shape index (κ1) is 16.0. The highest BCUT2D eigenvalue weighted by molar-refractivity contribution is 5.94. The average molecular weight is 290 g/mol. The van der Waals surface area contributed by atoms with E-state index in [1.54, 1.807) is 0 Å². The van der Waals surface area contributed by atoms with E-state index in [4.69, 9.17) is 5.11 Å². The number of ether oxygens (including phenoxy) is 1. The number of halogens is 3. The lowest BCUT2D eigenvalue weighted by atomic mass is 9.98. The zero-order valence-corrected chi connectivity index (χ0v) is 10.6. The minimum atomic E-state index is -4.52. The topological polar surface area (TPSA) is 63.6 Å². The molecule has 7 heteroatoms. The Morgan fingerprint density at radius 2 is 2.00 bits per heavy atom. The molecule has 1 N–H and O–H groups in total. The van der Waals surface area contributed by atoms with Crippen molar-refractivity contribution in [3.05, 3.63) is 35.4 Å². The Hall–Kier alpha value is -2.05. The molecular formula is C13H13F3O4. The maximum absolute atomic E-state index is 12.5. The van der Waals surface area contributed by atoms with Gasteiger partial charge in [-0.15, -0.1) is 0 Å². The van der Waals surface area contributed by atoms with Gasteiger partial charge in [0.2, 0.25) is 0 Å². The van der Waals surface area contributed by atoms with Crippen molar-refractivity contribution >= 4 is 11.9 Å². The van der Waals surface area contributed by atoms with Crippen molar-refractivity contribution in [3.63, 3.8) is 0 Å². The SMILES string of the molecule is CCOC(=O)C(Cc1cccc(C(F)(F)F)c1)C(=O)O. The number of carboxylic acid groups (broad SMARTS) is 1. The molecule has 0 heterocycles. The molecule has 0 aromatic heterocycles. The van der Waals surface area contributed by atoms with E-state index in [1.807, 2.05) is 0 Å². The number of alkyl halides is 3. The second-order valence-corrected chi connectivity index (χ2v) is 4.05. The van der Waals surface area contributed by atoms with Gasteiger partial charge in [-0.3, -0.25) is 9.59 Å². The summed E-state index contributed by atoms with van der Waals surface area (Å²) in [4.78, 5) is 22.4. The summed E-state index contributed by atoms with van der Waals surface area (Å²) < 4.78 is 42.2. The highest BCUT2D eigenvalue weighted by Gasteiger charge is 2.32. The van der Waals surface area contributed by atoms with E-state index in [9.17, 15) is 22.8 Å². The van der Waals surface area contributed by atoms with Gasteiger partial charge in [0.25, 0.3) is 0 Å². The molecule has 0 radical (unpaired) electrons. The second-order valence-electron chi connectivity index (χ2n) is 4.05. The van der Waals surface area contributed by atoms with E-state index in [-0.39, 0.29) is 18.6 Å². The summed E-state index contributed by atoms with van der Waals surface area (Å²) in [6.07, 6.45) is -4.86. The van der Waals surface area contributed by atoms with Crippen LogP contribution in [0.1, 0.15) is 18.1 Å². The van der Waals surface area contributed by atoms with Gasteiger partial charge in [0.15, 0.2) is 5.92 Å². The van der Waals surface area contributed by atoms with Gasteiger partial charge in [-0.05, 0) is 25.0 Å². The van der Waals surface area contributed by atoms with Crippen molar-refractivity contribution in [1.29, 1.82) is 0 Å². The van der Waals surface area contributed by atoms with E-state index in [0.717, 1.165) is 12.1 Å². The highest BCUT2D eigenvalue weighted by Crippen LogP contribution is 2.30. The van der Waals surface area contributed by atoms with Crippen LogP contribution in [-0.2, 0) is 26.9 Å². The lowest BCUT2D eigenvalue weighted by Gasteiger charge is -2.13. The number of carboxylic acids is 1. The number of hydrogen-bond donors (Lipinski definition) is 1. The fourth-order valence-electron chi connectivity index (χ4n) is 1.62. The smallest absolute Gasteiger partial charge is 0.416 e. The van der Waals surface area contributed by atoms with Crippen molar-refractivity contribution in [3.8, 4) is 0 Å². The third-order valence-corrected chi connectivity index (χ3v) is 2.56. The molecule has 0 saturated carbocycles. The first-order chi connectivity index (χ1) is 9.25. The Labute approximate surface area is 113 Å². The number of carbonyl (C=O) groups is 2. The molecule has 0 spiro atoms. The summed E-state index contributed by atoms with van der Waals surface area (Å²) >= 11 is 0. The lowest BCUT2D eigenvalue weighted by Crippen LogP contribution is -2.28. The molecule has 1 aromatic carbocycles. The minimum absolute atomic E-state index is 0.00516. The third-order valence-electron chi connectivity index (χ3n) is 2.56. The Morgan fingerprint density at radius 3 is 2.50 bits per heavy atom. The van der Waals surface area contributed by atoms with Crippen molar-refractivity contribution in [1.82, 2.24) is 0 Å². The number of rotatable bonds is 5. The molecule has 1 unspecified atom stereocenters. The predicted molar refractivity (Wildman–Crippen MR) is 62.9 cm³/mol. The van der Waals surface area contributed by atoms with Crippen LogP contribution in [0.4, 0.5) is 13.2 Å². The monoisotopic (exact) mass is 290 g/mol. The molecule has 1 rings (SSSR count). The van der Waals surface area contributed by atoms with Crippen LogP contribution in [0.15, 0.2) is 24.3 Å². The van der Waals surface area contributed by atoms with Crippen LogP contribution in [0.3, 0.4) is 0 Å². The van der Waals surface area contributed by atoms with E-state index in [1.165, 1.54) is 19.1 Å². The fourth-order valence-corrected chi connectivity index (χ4v) is 1.62. The Balaban J connectivity index is 2.95. The van der Waals surface area contributed by atoms with Crippen molar-refractivity contribution in [2.75, 3.05) is 6.61 Å². The summed E-state index contributed by atoms with van der Waals surface area (Å²) in [6.45, 7) is 1.52. The zero-order valence-electron chi connectivity index (χ0n) is 10.6. The van der Waals surface area contributed by atoms with E-state index >= 15 is 0 Å². The van der Waals surface area contributed by atoms with E-state index in [2.05, 4.69) is 4.74 Å². The third kappa shape index (κ3) is 4.25. The molecule has 0 aliphatic heterocycles. The molecule has 110 valence electrons. The van der Waals surface area contributed by atoms with Gasteiger partial charge >= 0.3 is 18.1 Å². The van der Waals surface area contributed by atoms with Gasteiger partial charge in [0.1, 0.15) is 0 Å². The van der Waals surface area contributed by atoms with Crippen molar-refractivity contribution < 1.29 is 32.6 Å². The molecule has 1 atom stereocenters. The van der Waals surface area contributed by atoms with Crippen LogP contribution in [-0.4, -0.2) is 23.7 Å². The van der Waals surface area contributed by atoms with Crippen molar-refractivity contribution in [2.24, 2.45) is 5.92 Å². The summed E-state index contributed by atoms with van der Waals surface area (Å²) in [5.41, 5.74) is -0.775. The van der Waals surface area contributed by atoms with E-state index in [0.29, 0.717) is 0 Å². The molecule has 0 fully saturated rings. The highest BCUT2D eigenvalue weighted by atomic mass is 19.4. The molecule has 0 aliphatic rings. The lowest BCUT2D eigenvalue weighted by molar-refractivity contribution is -0.158. The van der Waals surface area contributed by atoms with Crippen LogP contribution in [0, 0.1) is 5.92 Å². The molecule has 0 bridgehead atoms. The fraction of sp³-hybridized carbons (Fsp3) is 0.385. The Kier molecular flexibility index (Phi) is 5.12.